The van der Waals surface area contributed by atoms with Gasteiger partial charge < -0.3 is 10.2 Å². The summed E-state index contributed by atoms with van der Waals surface area (Å²) in [4.78, 5) is 15.5. The Bertz CT molecular complexity index is 982. The summed E-state index contributed by atoms with van der Waals surface area (Å²) in [5, 5.41) is 7.64. The molecule has 1 heterocycles. The van der Waals surface area contributed by atoms with Crippen LogP contribution in [0.1, 0.15) is 44.1 Å². The fraction of sp³-hybridized carbons (Fsp3) is 0.360. The zero-order valence-corrected chi connectivity index (χ0v) is 18.5. The highest BCUT2D eigenvalue weighted by atomic mass is 19.1. The largest absolute Gasteiger partial charge is 0.348 e. The van der Waals surface area contributed by atoms with Crippen LogP contribution in [0.5, 0.6) is 0 Å². The average Bonchev–Trinajstić information content (AvgIpc) is 3.23. The molecular weight excluding hydrogens is 391 g/mol. The molecule has 0 aliphatic heterocycles. The van der Waals surface area contributed by atoms with Crippen molar-refractivity contribution in [3.05, 3.63) is 72.2 Å². The maximum atomic E-state index is 14.3. The van der Waals surface area contributed by atoms with Crippen LogP contribution < -0.4 is 5.32 Å². The highest BCUT2D eigenvalue weighted by Gasteiger charge is 2.20. The second-order valence-electron chi connectivity index (χ2n) is 7.69. The minimum Gasteiger partial charge on any atom is -0.348 e. The van der Waals surface area contributed by atoms with Gasteiger partial charge in [-0.05, 0) is 69.7 Å². The lowest BCUT2D eigenvalue weighted by molar-refractivity contribution is 0.0929. The number of benzene rings is 2. The van der Waals surface area contributed by atoms with Crippen molar-refractivity contribution in [1.82, 2.24) is 20.0 Å². The van der Waals surface area contributed by atoms with Crippen LogP contribution in [0.3, 0.4) is 0 Å². The molecule has 0 fully saturated rings. The number of halogens is 1. The fourth-order valence-electron chi connectivity index (χ4n) is 3.64. The van der Waals surface area contributed by atoms with E-state index < -0.39 is 0 Å². The molecule has 1 aromatic heterocycles. The van der Waals surface area contributed by atoms with Gasteiger partial charge in [-0.2, -0.15) is 5.10 Å². The van der Waals surface area contributed by atoms with Crippen LogP contribution in [0.15, 0.2) is 60.7 Å². The van der Waals surface area contributed by atoms with E-state index in [9.17, 15) is 9.18 Å². The van der Waals surface area contributed by atoms with Gasteiger partial charge in [0.15, 0.2) is 0 Å². The standard InChI is InChI=1S/C25H31FN4O/c1-4-29(5-2)17-11-12-19(3)27-25(31)24-18-23(21-15-9-10-16-22(21)26)28-30(24)20-13-7-6-8-14-20/h6-10,13-16,18-19H,4-5,11-12,17H2,1-3H3,(H,27,31)/t19-/m0/s1. The van der Waals surface area contributed by atoms with Crippen LogP contribution in [0.2, 0.25) is 0 Å². The number of hydrogen-bond acceptors (Lipinski definition) is 3. The van der Waals surface area contributed by atoms with E-state index in [0.717, 1.165) is 38.2 Å². The number of aromatic nitrogens is 2. The van der Waals surface area contributed by atoms with Gasteiger partial charge in [0.2, 0.25) is 0 Å². The third-order valence-electron chi connectivity index (χ3n) is 5.48. The van der Waals surface area contributed by atoms with Gasteiger partial charge in [-0.15, -0.1) is 0 Å². The molecule has 0 saturated heterocycles. The van der Waals surface area contributed by atoms with E-state index in [2.05, 4.69) is 29.2 Å². The second-order valence-corrected chi connectivity index (χ2v) is 7.69. The van der Waals surface area contributed by atoms with Crippen LogP contribution in [-0.2, 0) is 0 Å². The quantitative estimate of drug-likeness (QED) is 0.505. The van der Waals surface area contributed by atoms with Crippen molar-refractivity contribution in [2.75, 3.05) is 19.6 Å². The predicted molar refractivity (Wildman–Crippen MR) is 123 cm³/mol. The second kappa shape index (κ2) is 10.9. The van der Waals surface area contributed by atoms with Gasteiger partial charge in [0.05, 0.1) is 11.4 Å². The molecule has 0 unspecified atom stereocenters. The average molecular weight is 423 g/mol. The molecule has 2 aromatic carbocycles. The summed E-state index contributed by atoms with van der Waals surface area (Å²) in [5.74, 6) is -0.578. The molecule has 31 heavy (non-hydrogen) atoms. The van der Waals surface area contributed by atoms with E-state index >= 15 is 0 Å². The molecule has 3 rings (SSSR count). The topological polar surface area (TPSA) is 50.2 Å². The Kier molecular flexibility index (Phi) is 7.95. The van der Waals surface area contributed by atoms with Crippen LogP contribution in [0.25, 0.3) is 16.9 Å². The van der Waals surface area contributed by atoms with Crippen LogP contribution >= 0.6 is 0 Å². The molecule has 0 aliphatic carbocycles. The summed E-state index contributed by atoms with van der Waals surface area (Å²) in [5.41, 5.74) is 1.95. The van der Waals surface area contributed by atoms with E-state index in [-0.39, 0.29) is 17.8 Å². The molecule has 1 amide bonds. The van der Waals surface area contributed by atoms with E-state index in [4.69, 9.17) is 0 Å². The van der Waals surface area contributed by atoms with E-state index in [1.54, 1.807) is 28.9 Å². The first-order chi connectivity index (χ1) is 15.0. The van der Waals surface area contributed by atoms with Crippen molar-refractivity contribution in [2.24, 2.45) is 0 Å². The molecule has 0 radical (unpaired) electrons. The zero-order chi connectivity index (χ0) is 22.2. The minimum absolute atomic E-state index is 0.0269. The first kappa shape index (κ1) is 22.7. The number of para-hydroxylation sites is 1. The van der Waals surface area contributed by atoms with E-state index in [0.29, 0.717) is 17.0 Å². The van der Waals surface area contributed by atoms with Crippen LogP contribution in [-0.4, -0.2) is 46.3 Å². The third-order valence-corrected chi connectivity index (χ3v) is 5.48. The molecule has 0 spiro atoms. The summed E-state index contributed by atoms with van der Waals surface area (Å²) in [6.45, 7) is 9.42. The molecule has 0 saturated carbocycles. The summed E-state index contributed by atoms with van der Waals surface area (Å²) < 4.78 is 15.9. The van der Waals surface area contributed by atoms with Gasteiger partial charge in [0, 0.05) is 11.6 Å². The van der Waals surface area contributed by atoms with Crippen molar-refractivity contribution in [3.63, 3.8) is 0 Å². The summed E-state index contributed by atoms with van der Waals surface area (Å²) >= 11 is 0. The molecule has 0 bridgehead atoms. The lowest BCUT2D eigenvalue weighted by atomic mass is 10.1. The van der Waals surface area contributed by atoms with Crippen molar-refractivity contribution in [1.29, 1.82) is 0 Å². The summed E-state index contributed by atoms with van der Waals surface area (Å²) in [7, 11) is 0. The van der Waals surface area contributed by atoms with Gasteiger partial charge in [0.25, 0.3) is 5.91 Å². The monoisotopic (exact) mass is 422 g/mol. The van der Waals surface area contributed by atoms with Gasteiger partial charge in [0.1, 0.15) is 11.5 Å². The molecule has 1 N–H and O–H groups in total. The third kappa shape index (κ3) is 5.79. The minimum atomic E-state index is -0.364. The Hall–Kier alpha value is -2.99. The van der Waals surface area contributed by atoms with Gasteiger partial charge >= 0.3 is 0 Å². The molecule has 6 heteroatoms. The van der Waals surface area contributed by atoms with Gasteiger partial charge in [-0.1, -0.05) is 44.2 Å². The zero-order valence-electron chi connectivity index (χ0n) is 18.5. The molecule has 5 nitrogen and oxygen atoms in total. The number of hydrogen-bond donors (Lipinski definition) is 1. The number of nitrogens with one attached hydrogen (secondary N) is 1. The normalized spacial score (nSPS) is 12.2. The Morgan fingerprint density at radius 2 is 1.77 bits per heavy atom. The number of rotatable bonds is 10. The smallest absolute Gasteiger partial charge is 0.270 e. The highest BCUT2D eigenvalue weighted by Crippen LogP contribution is 2.24. The first-order valence-corrected chi connectivity index (χ1v) is 11.0. The van der Waals surface area contributed by atoms with Crippen LogP contribution in [0.4, 0.5) is 4.39 Å². The molecule has 1 atom stereocenters. The highest BCUT2D eigenvalue weighted by molar-refractivity contribution is 5.94. The van der Waals surface area contributed by atoms with Crippen molar-refractivity contribution < 1.29 is 9.18 Å². The first-order valence-electron chi connectivity index (χ1n) is 11.0. The summed E-state index contributed by atoms with van der Waals surface area (Å²) in [6.07, 6.45) is 1.91. The predicted octanol–water partition coefficient (Wildman–Crippen LogP) is 4.92. The molecule has 0 aliphatic rings. The van der Waals surface area contributed by atoms with Crippen molar-refractivity contribution in [3.8, 4) is 16.9 Å². The summed E-state index contributed by atoms with van der Waals surface area (Å²) in [6, 6.07) is 17.6. The molecule has 3 aromatic rings. The van der Waals surface area contributed by atoms with Gasteiger partial charge in [-0.25, -0.2) is 9.07 Å². The number of carbonyl (C=O) groups excluding carboxylic acids is 1. The number of nitrogens with zero attached hydrogens (tertiary/aromatic N) is 3. The fourth-order valence-corrected chi connectivity index (χ4v) is 3.64. The van der Waals surface area contributed by atoms with Crippen LogP contribution in [0, 0.1) is 5.82 Å². The Morgan fingerprint density at radius 3 is 2.45 bits per heavy atom. The molecule has 164 valence electrons. The van der Waals surface area contributed by atoms with E-state index in [1.165, 1.54) is 6.07 Å². The SMILES string of the molecule is CCN(CC)CCC[C@H](C)NC(=O)c1cc(-c2ccccc2F)nn1-c1ccccc1. The lowest BCUT2D eigenvalue weighted by Crippen LogP contribution is -2.34. The van der Waals surface area contributed by atoms with E-state index in [1.807, 2.05) is 37.3 Å². The Morgan fingerprint density at radius 1 is 1.10 bits per heavy atom. The van der Waals surface area contributed by atoms with Gasteiger partial charge in [-0.3, -0.25) is 4.79 Å². The number of amides is 1. The Balaban J connectivity index is 1.80. The van der Waals surface area contributed by atoms with Crippen molar-refractivity contribution in [2.45, 2.75) is 39.7 Å². The Labute approximate surface area is 183 Å². The van der Waals surface area contributed by atoms with Crippen molar-refractivity contribution >= 4 is 5.91 Å². The molecular formula is C25H31FN4O. The maximum absolute atomic E-state index is 14.3. The number of carbonyl (C=O) groups is 1. The lowest BCUT2D eigenvalue weighted by Gasteiger charge is -2.20. The maximum Gasteiger partial charge on any atom is 0.270 e.